The van der Waals surface area contributed by atoms with Crippen LogP contribution in [0.2, 0.25) is 0 Å². The third-order valence-corrected chi connectivity index (χ3v) is 4.46. The van der Waals surface area contributed by atoms with Gasteiger partial charge >= 0.3 is 5.97 Å². The highest BCUT2D eigenvalue weighted by molar-refractivity contribution is 6.08. The van der Waals surface area contributed by atoms with Crippen molar-refractivity contribution in [3.63, 3.8) is 0 Å². The van der Waals surface area contributed by atoms with E-state index in [4.69, 9.17) is 0 Å². The van der Waals surface area contributed by atoms with Crippen molar-refractivity contribution in [2.75, 3.05) is 0 Å². The monoisotopic (exact) mass is 339 g/mol. The van der Waals surface area contributed by atoms with Crippen molar-refractivity contribution in [3.8, 4) is 0 Å². The average molecular weight is 339 g/mol. The Morgan fingerprint density at radius 1 is 1.29 bits per heavy atom. The van der Waals surface area contributed by atoms with Crippen LogP contribution in [0.15, 0.2) is 18.2 Å². The van der Waals surface area contributed by atoms with Gasteiger partial charge in [0.25, 0.3) is 0 Å². The number of amides is 1. The van der Waals surface area contributed by atoms with Crippen LogP contribution in [-0.4, -0.2) is 33.7 Å². The fourth-order valence-electron chi connectivity index (χ4n) is 3.01. The van der Waals surface area contributed by atoms with Gasteiger partial charge in [0.1, 0.15) is 28.9 Å². The molecule has 1 unspecified atom stereocenters. The maximum atomic E-state index is 13.6. The summed E-state index contributed by atoms with van der Waals surface area (Å²) in [6.45, 7) is 4.46. The first-order valence-electron chi connectivity index (χ1n) is 7.64. The Bertz CT molecular complexity index is 682. The molecule has 1 heterocycles. The van der Waals surface area contributed by atoms with Gasteiger partial charge in [0, 0.05) is 12.5 Å². The van der Waals surface area contributed by atoms with E-state index >= 15 is 0 Å². The van der Waals surface area contributed by atoms with E-state index in [0.717, 1.165) is 17.0 Å². The van der Waals surface area contributed by atoms with Gasteiger partial charge in [0.05, 0.1) is 6.04 Å². The number of carbonyl (C=O) groups is 3. The lowest BCUT2D eigenvalue weighted by Gasteiger charge is -2.44. The van der Waals surface area contributed by atoms with Crippen molar-refractivity contribution in [1.82, 2.24) is 4.90 Å². The Morgan fingerprint density at radius 2 is 1.83 bits per heavy atom. The molecule has 1 aliphatic heterocycles. The summed E-state index contributed by atoms with van der Waals surface area (Å²) in [5.74, 6) is -3.96. The quantitative estimate of drug-likeness (QED) is 0.856. The molecule has 0 bridgehead atoms. The normalized spacial score (nSPS) is 21.7. The number of piperidine rings is 1. The molecular formula is C17H19F2NO4. The first-order chi connectivity index (χ1) is 11.1. The summed E-state index contributed by atoms with van der Waals surface area (Å²) >= 11 is 0. The predicted octanol–water partition coefficient (Wildman–Crippen LogP) is 2.70. The molecule has 1 N–H and O–H groups in total. The third-order valence-electron chi connectivity index (χ3n) is 4.46. The number of likely N-dealkylation sites (tertiary alicyclic amines) is 1. The van der Waals surface area contributed by atoms with Gasteiger partial charge in [-0.2, -0.15) is 0 Å². The third kappa shape index (κ3) is 3.02. The number of aliphatic carboxylic acids is 1. The van der Waals surface area contributed by atoms with E-state index in [1.165, 1.54) is 13.8 Å². The summed E-state index contributed by atoms with van der Waals surface area (Å²) in [4.78, 5) is 37.7. The maximum Gasteiger partial charge on any atom is 0.326 e. The lowest BCUT2D eigenvalue weighted by atomic mass is 9.76. The van der Waals surface area contributed by atoms with Gasteiger partial charge in [-0.05, 0) is 38.0 Å². The molecule has 1 amide bonds. The number of carboxylic acid groups (broad SMARTS) is 1. The number of halogens is 2. The molecule has 1 fully saturated rings. The van der Waals surface area contributed by atoms with Gasteiger partial charge < -0.3 is 10.0 Å². The number of Topliss-reactive ketones (excluding diaryl/α,β-unsaturated/α-hetero) is 1. The molecule has 1 aromatic carbocycles. The minimum atomic E-state index is -1.37. The van der Waals surface area contributed by atoms with E-state index in [-0.39, 0.29) is 18.4 Å². The zero-order valence-corrected chi connectivity index (χ0v) is 13.7. The molecule has 0 radical (unpaired) electrons. The standard InChI is InChI=1S/C17H19F2NO4/c1-4-12(15(22)23)20-13(8-14(21)17(2,3)16(20)24)9-5-10(18)7-11(19)6-9/h5-7,12-13H,4,8H2,1-3H3,(H,22,23)/t12?,13-/m0/s1. The summed E-state index contributed by atoms with van der Waals surface area (Å²) in [7, 11) is 0. The number of carbonyl (C=O) groups excluding carboxylic acids is 2. The topological polar surface area (TPSA) is 74.7 Å². The number of ketones is 1. The number of nitrogens with zero attached hydrogens (tertiary/aromatic N) is 1. The minimum Gasteiger partial charge on any atom is -0.480 e. The van der Waals surface area contributed by atoms with Crippen molar-refractivity contribution >= 4 is 17.7 Å². The van der Waals surface area contributed by atoms with Crippen LogP contribution in [0.5, 0.6) is 0 Å². The minimum absolute atomic E-state index is 0.0735. The highest BCUT2D eigenvalue weighted by Crippen LogP contribution is 2.40. The summed E-state index contributed by atoms with van der Waals surface area (Å²) in [5, 5.41) is 9.43. The number of hydrogen-bond donors (Lipinski definition) is 1. The number of hydrogen-bond acceptors (Lipinski definition) is 3. The Morgan fingerprint density at radius 3 is 2.29 bits per heavy atom. The fraction of sp³-hybridized carbons (Fsp3) is 0.471. The predicted molar refractivity (Wildman–Crippen MR) is 81.1 cm³/mol. The van der Waals surface area contributed by atoms with Gasteiger partial charge in [0.15, 0.2) is 0 Å². The summed E-state index contributed by atoms with van der Waals surface area (Å²) < 4.78 is 27.1. The van der Waals surface area contributed by atoms with Crippen LogP contribution >= 0.6 is 0 Å². The second kappa shape index (κ2) is 6.30. The second-order valence-corrected chi connectivity index (χ2v) is 6.45. The lowest BCUT2D eigenvalue weighted by molar-refractivity contribution is -0.166. The molecule has 7 heteroatoms. The van der Waals surface area contributed by atoms with E-state index in [1.54, 1.807) is 6.92 Å². The smallest absolute Gasteiger partial charge is 0.326 e. The maximum absolute atomic E-state index is 13.6. The Kier molecular flexibility index (Phi) is 4.73. The van der Waals surface area contributed by atoms with E-state index in [0.29, 0.717) is 6.07 Å². The fourth-order valence-corrected chi connectivity index (χ4v) is 3.01. The van der Waals surface area contributed by atoms with Crippen LogP contribution in [0.25, 0.3) is 0 Å². The average Bonchev–Trinajstić information content (AvgIpc) is 2.46. The molecule has 2 rings (SSSR count). The van der Waals surface area contributed by atoms with Crippen LogP contribution < -0.4 is 0 Å². The molecule has 0 aromatic heterocycles. The van der Waals surface area contributed by atoms with Crippen molar-refractivity contribution in [2.45, 2.75) is 45.7 Å². The van der Waals surface area contributed by atoms with Crippen LogP contribution in [0, 0.1) is 17.0 Å². The van der Waals surface area contributed by atoms with Crippen LogP contribution in [0.1, 0.15) is 45.2 Å². The van der Waals surface area contributed by atoms with Crippen molar-refractivity contribution in [2.24, 2.45) is 5.41 Å². The zero-order chi connectivity index (χ0) is 18.2. The summed E-state index contributed by atoms with van der Waals surface area (Å²) in [5.41, 5.74) is -1.30. The molecule has 2 atom stereocenters. The van der Waals surface area contributed by atoms with Crippen molar-refractivity contribution < 1.29 is 28.3 Å². The van der Waals surface area contributed by atoms with Crippen molar-refractivity contribution in [3.05, 3.63) is 35.4 Å². The van der Waals surface area contributed by atoms with Crippen molar-refractivity contribution in [1.29, 1.82) is 0 Å². The Hall–Kier alpha value is -2.31. The molecule has 1 aromatic rings. The molecule has 24 heavy (non-hydrogen) atoms. The molecule has 5 nitrogen and oxygen atoms in total. The summed E-state index contributed by atoms with van der Waals surface area (Å²) in [6, 6.07) is 0.534. The molecule has 0 aliphatic carbocycles. The largest absolute Gasteiger partial charge is 0.480 e. The SMILES string of the molecule is CCC(C(=O)O)N1C(=O)C(C)(C)C(=O)C[C@H]1c1cc(F)cc(F)c1. The molecular weight excluding hydrogens is 320 g/mol. The molecule has 1 saturated heterocycles. The molecule has 0 saturated carbocycles. The van der Waals surface area contributed by atoms with Crippen LogP contribution in [0.4, 0.5) is 8.78 Å². The number of carboxylic acids is 1. The Labute approximate surface area is 138 Å². The highest BCUT2D eigenvalue weighted by atomic mass is 19.1. The van der Waals surface area contributed by atoms with Gasteiger partial charge in [-0.1, -0.05) is 6.92 Å². The highest BCUT2D eigenvalue weighted by Gasteiger charge is 2.50. The molecule has 130 valence electrons. The van der Waals surface area contributed by atoms with E-state index in [1.807, 2.05) is 0 Å². The summed E-state index contributed by atoms with van der Waals surface area (Å²) in [6.07, 6.45) is -0.0783. The van der Waals surface area contributed by atoms with Crippen LogP contribution in [0.3, 0.4) is 0 Å². The van der Waals surface area contributed by atoms with E-state index in [9.17, 15) is 28.3 Å². The van der Waals surface area contributed by atoms with Gasteiger partial charge in [-0.15, -0.1) is 0 Å². The number of rotatable bonds is 4. The first-order valence-corrected chi connectivity index (χ1v) is 7.64. The second-order valence-electron chi connectivity index (χ2n) is 6.45. The molecule has 1 aliphatic rings. The zero-order valence-electron chi connectivity index (χ0n) is 13.7. The Balaban J connectivity index is 2.59. The van der Waals surface area contributed by atoms with Gasteiger partial charge in [0.2, 0.25) is 5.91 Å². The molecule has 0 spiro atoms. The lowest BCUT2D eigenvalue weighted by Crippen LogP contribution is -2.57. The van der Waals surface area contributed by atoms with Crippen LogP contribution in [-0.2, 0) is 14.4 Å². The van der Waals surface area contributed by atoms with Gasteiger partial charge in [-0.3, -0.25) is 9.59 Å². The van der Waals surface area contributed by atoms with Gasteiger partial charge in [-0.25, -0.2) is 13.6 Å². The number of benzene rings is 1. The first kappa shape index (κ1) is 18.0. The van der Waals surface area contributed by atoms with E-state index < -0.39 is 46.8 Å². The van der Waals surface area contributed by atoms with E-state index in [2.05, 4.69) is 0 Å².